The van der Waals surface area contributed by atoms with Crippen molar-refractivity contribution >= 4 is 0 Å². The molecule has 0 aliphatic heterocycles. The van der Waals surface area contributed by atoms with E-state index < -0.39 is 0 Å². The first-order valence-electron chi connectivity index (χ1n) is 4.85. The van der Waals surface area contributed by atoms with Gasteiger partial charge in [0.2, 0.25) is 0 Å². The third-order valence-electron chi connectivity index (χ3n) is 3.83. The van der Waals surface area contributed by atoms with Gasteiger partial charge in [0.15, 0.2) is 0 Å². The van der Waals surface area contributed by atoms with Crippen molar-refractivity contribution < 1.29 is 0 Å². The second-order valence-electron chi connectivity index (χ2n) is 4.60. The largest absolute Gasteiger partial charge is 0.0947 e. The first-order valence-corrected chi connectivity index (χ1v) is 4.85. The highest BCUT2D eigenvalue weighted by Gasteiger charge is 2.30. The van der Waals surface area contributed by atoms with Gasteiger partial charge in [-0.25, -0.2) is 0 Å². The Balaban J connectivity index is 3.41. The Morgan fingerprint density at radius 3 is 1.77 bits per heavy atom. The molecule has 1 aliphatic carbocycles. The first kappa shape index (κ1) is 10.3. The van der Waals surface area contributed by atoms with Crippen molar-refractivity contribution in [2.45, 2.75) is 41.5 Å². The molecule has 13 heavy (non-hydrogen) atoms. The maximum Gasteiger partial charge on any atom is 0.0105 e. The van der Waals surface area contributed by atoms with E-state index in [1.807, 2.05) is 0 Å². The lowest BCUT2D eigenvalue weighted by molar-refractivity contribution is 0.532. The van der Waals surface area contributed by atoms with E-state index >= 15 is 0 Å². The zero-order valence-electron chi connectivity index (χ0n) is 9.71. The molecule has 0 heterocycles. The fourth-order valence-electron chi connectivity index (χ4n) is 1.95. The van der Waals surface area contributed by atoms with Gasteiger partial charge in [-0.1, -0.05) is 26.0 Å². The Hall–Kier alpha value is -0.780. The van der Waals surface area contributed by atoms with E-state index in [1.165, 1.54) is 27.9 Å². The molecule has 0 unspecified atom stereocenters. The normalized spacial score (nSPS) is 22.8. The first-order chi connectivity index (χ1) is 5.80. The van der Waals surface area contributed by atoms with Crippen LogP contribution >= 0.6 is 0 Å². The summed E-state index contributed by atoms with van der Waals surface area (Å²) in [6.45, 7) is 17.5. The summed E-state index contributed by atoms with van der Waals surface area (Å²) in [6, 6.07) is 0. The molecule has 0 spiro atoms. The summed E-state index contributed by atoms with van der Waals surface area (Å²) in [5.74, 6) is 0. The van der Waals surface area contributed by atoms with Crippen molar-refractivity contribution in [1.29, 1.82) is 0 Å². The van der Waals surface area contributed by atoms with Gasteiger partial charge in [-0.15, -0.1) is 0 Å². The average molecular weight is 176 g/mol. The van der Waals surface area contributed by atoms with Crippen LogP contribution in [0.1, 0.15) is 41.5 Å². The predicted octanol–water partition coefficient (Wildman–Crippen LogP) is 4.26. The summed E-state index contributed by atoms with van der Waals surface area (Å²) in [6.07, 6.45) is 0. The molecule has 0 nitrogen and oxygen atoms in total. The lowest BCUT2D eigenvalue weighted by Crippen LogP contribution is -2.22. The molecule has 72 valence electrons. The molecule has 0 N–H and O–H groups in total. The smallest absolute Gasteiger partial charge is 0.0105 e. The molecule has 0 aromatic rings. The molecule has 1 aliphatic rings. The maximum atomic E-state index is 4.19. The lowest BCUT2D eigenvalue weighted by atomic mass is 9.68. The molecule has 0 saturated heterocycles. The Bertz CT molecular complexity index is 322. The summed E-state index contributed by atoms with van der Waals surface area (Å²) in [4.78, 5) is 0. The lowest BCUT2D eigenvalue weighted by Gasteiger charge is -2.36. The van der Waals surface area contributed by atoms with E-state index in [0.29, 0.717) is 0 Å². The van der Waals surface area contributed by atoms with E-state index in [1.54, 1.807) is 0 Å². The Kier molecular flexibility index (Phi) is 2.27. The van der Waals surface area contributed by atoms with Crippen molar-refractivity contribution in [3.8, 4) is 0 Å². The van der Waals surface area contributed by atoms with Crippen LogP contribution < -0.4 is 0 Å². The van der Waals surface area contributed by atoms with Gasteiger partial charge in [0.05, 0.1) is 0 Å². The Morgan fingerprint density at radius 2 is 1.31 bits per heavy atom. The van der Waals surface area contributed by atoms with Gasteiger partial charge in [0.1, 0.15) is 0 Å². The quantitative estimate of drug-likeness (QED) is 0.517. The zero-order valence-corrected chi connectivity index (χ0v) is 9.71. The molecule has 0 aromatic heterocycles. The van der Waals surface area contributed by atoms with E-state index in [2.05, 4.69) is 48.1 Å². The van der Waals surface area contributed by atoms with Gasteiger partial charge < -0.3 is 0 Å². The van der Waals surface area contributed by atoms with Crippen LogP contribution in [0.2, 0.25) is 0 Å². The standard InChI is InChI=1S/C13H20/c1-8-9(2)11(4)13(6,7)12(5)10(8)3/h4H2,1-3,5-7H3. The van der Waals surface area contributed by atoms with Crippen molar-refractivity contribution in [1.82, 2.24) is 0 Å². The third kappa shape index (κ3) is 1.29. The van der Waals surface area contributed by atoms with Crippen LogP contribution in [-0.2, 0) is 0 Å². The minimum atomic E-state index is 0.147. The SMILES string of the molecule is C=C1C(C)=C(C)C(C)=C(C)C1(C)C. The number of allylic oxidation sites excluding steroid dienone is 5. The van der Waals surface area contributed by atoms with Crippen molar-refractivity contribution in [3.63, 3.8) is 0 Å². The average Bonchev–Trinajstić information content (AvgIpc) is 2.09. The van der Waals surface area contributed by atoms with Gasteiger partial charge in [-0.2, -0.15) is 0 Å². The summed E-state index contributed by atoms with van der Waals surface area (Å²) in [7, 11) is 0. The maximum absolute atomic E-state index is 4.19. The molecule has 0 bridgehead atoms. The highest BCUT2D eigenvalue weighted by Crippen LogP contribution is 2.45. The van der Waals surface area contributed by atoms with Crippen molar-refractivity contribution in [2.75, 3.05) is 0 Å². The summed E-state index contributed by atoms with van der Waals surface area (Å²) < 4.78 is 0. The van der Waals surface area contributed by atoms with Gasteiger partial charge in [-0.05, 0) is 50.0 Å². The molecule has 0 radical (unpaired) electrons. The van der Waals surface area contributed by atoms with Crippen LogP contribution in [0, 0.1) is 5.41 Å². The zero-order chi connectivity index (χ0) is 10.4. The van der Waals surface area contributed by atoms with Crippen LogP contribution in [0.25, 0.3) is 0 Å². The minimum absolute atomic E-state index is 0.147. The second-order valence-corrected chi connectivity index (χ2v) is 4.60. The van der Waals surface area contributed by atoms with Crippen LogP contribution in [0.15, 0.2) is 34.4 Å². The van der Waals surface area contributed by atoms with Crippen molar-refractivity contribution in [2.24, 2.45) is 5.41 Å². The third-order valence-corrected chi connectivity index (χ3v) is 3.83. The Labute approximate surface area is 82.0 Å². The molecule has 0 fully saturated rings. The van der Waals surface area contributed by atoms with Crippen molar-refractivity contribution in [3.05, 3.63) is 34.4 Å². The summed E-state index contributed by atoms with van der Waals surface area (Å²) in [5, 5.41) is 0. The van der Waals surface area contributed by atoms with Gasteiger partial charge in [-0.3, -0.25) is 0 Å². The number of hydrogen-bond donors (Lipinski definition) is 0. The molecule has 0 saturated carbocycles. The van der Waals surface area contributed by atoms with Gasteiger partial charge in [0.25, 0.3) is 0 Å². The van der Waals surface area contributed by atoms with Gasteiger partial charge in [0, 0.05) is 5.41 Å². The van der Waals surface area contributed by atoms with E-state index in [0.717, 1.165) is 0 Å². The van der Waals surface area contributed by atoms with Crippen LogP contribution in [-0.4, -0.2) is 0 Å². The molecule has 0 amide bonds. The molecule has 1 rings (SSSR count). The monoisotopic (exact) mass is 176 g/mol. The predicted molar refractivity (Wildman–Crippen MR) is 59.7 cm³/mol. The molecule has 0 aromatic carbocycles. The molecule has 0 atom stereocenters. The Morgan fingerprint density at radius 1 is 0.846 bits per heavy atom. The molecule has 0 heteroatoms. The van der Waals surface area contributed by atoms with Gasteiger partial charge >= 0.3 is 0 Å². The van der Waals surface area contributed by atoms with E-state index in [-0.39, 0.29) is 5.41 Å². The fraction of sp³-hybridized carbons (Fsp3) is 0.538. The summed E-state index contributed by atoms with van der Waals surface area (Å²) in [5.41, 5.74) is 7.09. The minimum Gasteiger partial charge on any atom is -0.0947 e. The van der Waals surface area contributed by atoms with E-state index in [4.69, 9.17) is 0 Å². The van der Waals surface area contributed by atoms with Crippen LogP contribution in [0.5, 0.6) is 0 Å². The molecular formula is C13H20. The topological polar surface area (TPSA) is 0 Å². The van der Waals surface area contributed by atoms with Crippen LogP contribution in [0.3, 0.4) is 0 Å². The molecular weight excluding hydrogens is 156 g/mol. The highest BCUT2D eigenvalue weighted by molar-refractivity contribution is 5.53. The second kappa shape index (κ2) is 2.87. The highest BCUT2D eigenvalue weighted by atomic mass is 14.3. The number of rotatable bonds is 0. The van der Waals surface area contributed by atoms with E-state index in [9.17, 15) is 0 Å². The summed E-state index contributed by atoms with van der Waals surface area (Å²) >= 11 is 0. The van der Waals surface area contributed by atoms with Crippen LogP contribution in [0.4, 0.5) is 0 Å². The number of hydrogen-bond acceptors (Lipinski definition) is 0. The fourth-order valence-corrected chi connectivity index (χ4v) is 1.95.